The lowest BCUT2D eigenvalue weighted by atomic mass is 10.6. The monoisotopic (exact) mass is 214 g/mol. The maximum atomic E-state index is 9.93. The topological polar surface area (TPSA) is 84.7 Å². The lowest BCUT2D eigenvalue weighted by Crippen LogP contribution is -2.18. The van der Waals surface area contributed by atoms with Gasteiger partial charge in [0.1, 0.15) is 0 Å². The van der Waals surface area contributed by atoms with Crippen LogP contribution in [0, 0.1) is 0 Å². The highest BCUT2D eigenvalue weighted by Gasteiger charge is 1.95. The summed E-state index contributed by atoms with van der Waals surface area (Å²) in [5, 5.41) is 16.3. The summed E-state index contributed by atoms with van der Waals surface area (Å²) >= 11 is 0. The predicted molar refractivity (Wildman–Crippen MR) is 57.3 cm³/mol. The molecule has 1 heterocycles. The molecule has 0 bridgehead atoms. The van der Waals surface area contributed by atoms with Gasteiger partial charge < -0.3 is 10.6 Å². The van der Waals surface area contributed by atoms with E-state index in [-0.39, 0.29) is 5.91 Å². The maximum absolute atomic E-state index is 9.93. The molecule has 0 atom stereocenters. The number of nitrogens with zero attached hydrogens (tertiary/aromatic N) is 4. The molecule has 1 aromatic heterocycles. The van der Waals surface area contributed by atoms with E-state index >= 15 is 0 Å². The molecule has 0 aliphatic heterocycles. The molecule has 7 heteroatoms. The van der Waals surface area contributed by atoms with E-state index in [2.05, 4.69) is 26.2 Å². The number of carbonyl (C=O) groups excluding carboxylic acids is 1. The standard InChI is InChI=1S/C4H9N5.C4H9NO/c1-3-5-4-6-7-8-9(4)2;1-3-5-4(2)6/h3H2,1-2H3,(H,5,6,8);3H2,1-2H3,(H,5,6). The van der Waals surface area contributed by atoms with Crippen molar-refractivity contribution in [3.8, 4) is 0 Å². The van der Waals surface area contributed by atoms with Gasteiger partial charge in [-0.15, -0.1) is 0 Å². The van der Waals surface area contributed by atoms with Crippen LogP contribution in [-0.2, 0) is 11.8 Å². The zero-order chi connectivity index (χ0) is 11.7. The third-order valence-corrected chi connectivity index (χ3v) is 1.38. The van der Waals surface area contributed by atoms with Crippen molar-refractivity contribution in [2.45, 2.75) is 20.8 Å². The molecule has 1 rings (SSSR count). The second-order valence-corrected chi connectivity index (χ2v) is 2.74. The molecule has 1 aromatic rings. The Labute approximate surface area is 89.2 Å². The minimum atomic E-state index is 0.0394. The zero-order valence-electron chi connectivity index (χ0n) is 9.61. The fourth-order valence-corrected chi connectivity index (χ4v) is 0.786. The number of anilines is 1. The molecule has 7 nitrogen and oxygen atoms in total. The Bertz CT molecular complexity index is 284. The fourth-order valence-electron chi connectivity index (χ4n) is 0.786. The summed E-state index contributed by atoms with van der Waals surface area (Å²) < 4.78 is 1.59. The van der Waals surface area contributed by atoms with E-state index in [4.69, 9.17) is 0 Å². The summed E-state index contributed by atoms with van der Waals surface area (Å²) in [6.45, 7) is 6.96. The number of hydrogen-bond donors (Lipinski definition) is 2. The van der Waals surface area contributed by atoms with Gasteiger partial charge in [0.2, 0.25) is 11.9 Å². The first kappa shape index (κ1) is 13.3. The normalized spacial score (nSPS) is 8.80. The summed E-state index contributed by atoms with van der Waals surface area (Å²) in [7, 11) is 1.79. The van der Waals surface area contributed by atoms with Gasteiger partial charge in [-0.3, -0.25) is 4.79 Å². The van der Waals surface area contributed by atoms with Crippen LogP contribution in [0.4, 0.5) is 5.95 Å². The van der Waals surface area contributed by atoms with E-state index in [0.29, 0.717) is 5.95 Å². The zero-order valence-corrected chi connectivity index (χ0v) is 9.61. The van der Waals surface area contributed by atoms with Crippen LogP contribution in [0.1, 0.15) is 20.8 Å². The fraction of sp³-hybridized carbons (Fsp3) is 0.750. The van der Waals surface area contributed by atoms with Crippen molar-refractivity contribution < 1.29 is 4.79 Å². The minimum absolute atomic E-state index is 0.0394. The number of tetrazole rings is 1. The Kier molecular flexibility index (Phi) is 6.86. The van der Waals surface area contributed by atoms with Gasteiger partial charge in [0.05, 0.1) is 0 Å². The quantitative estimate of drug-likeness (QED) is 0.727. The molecule has 0 unspecified atom stereocenters. The predicted octanol–water partition coefficient (Wildman–Crippen LogP) is -0.216. The smallest absolute Gasteiger partial charge is 0.242 e. The molecule has 0 radical (unpaired) electrons. The Morgan fingerprint density at radius 2 is 2.07 bits per heavy atom. The summed E-state index contributed by atoms with van der Waals surface area (Å²) in [6, 6.07) is 0. The van der Waals surface area contributed by atoms with Crippen molar-refractivity contribution in [2.24, 2.45) is 7.05 Å². The molecule has 15 heavy (non-hydrogen) atoms. The molecule has 0 aromatic carbocycles. The lowest BCUT2D eigenvalue weighted by molar-refractivity contribution is -0.118. The van der Waals surface area contributed by atoms with Gasteiger partial charge in [-0.05, 0) is 24.3 Å². The molecule has 0 saturated carbocycles. The van der Waals surface area contributed by atoms with Gasteiger partial charge in [0, 0.05) is 27.1 Å². The lowest BCUT2D eigenvalue weighted by Gasteiger charge is -1.96. The molecule has 2 N–H and O–H groups in total. The molecule has 0 aliphatic rings. The van der Waals surface area contributed by atoms with Crippen molar-refractivity contribution in [3.05, 3.63) is 0 Å². The summed E-state index contributed by atoms with van der Waals surface area (Å²) in [5.41, 5.74) is 0. The molecular weight excluding hydrogens is 196 g/mol. The van der Waals surface area contributed by atoms with E-state index in [1.807, 2.05) is 13.8 Å². The third-order valence-electron chi connectivity index (χ3n) is 1.38. The molecule has 0 aliphatic carbocycles. The van der Waals surface area contributed by atoms with Gasteiger partial charge in [0.25, 0.3) is 0 Å². The highest BCUT2D eigenvalue weighted by atomic mass is 16.1. The number of hydrogen-bond acceptors (Lipinski definition) is 5. The van der Waals surface area contributed by atoms with Gasteiger partial charge in [0.15, 0.2) is 0 Å². The van der Waals surface area contributed by atoms with Crippen LogP contribution >= 0.6 is 0 Å². The van der Waals surface area contributed by atoms with Crippen LogP contribution in [0.3, 0.4) is 0 Å². The summed E-state index contributed by atoms with van der Waals surface area (Å²) in [4.78, 5) is 9.93. The number of carbonyl (C=O) groups is 1. The number of rotatable bonds is 3. The largest absolute Gasteiger partial charge is 0.357 e. The molecule has 0 spiro atoms. The second-order valence-electron chi connectivity index (χ2n) is 2.74. The van der Waals surface area contributed by atoms with E-state index in [9.17, 15) is 4.79 Å². The van der Waals surface area contributed by atoms with Crippen LogP contribution in [0.5, 0.6) is 0 Å². The molecule has 86 valence electrons. The van der Waals surface area contributed by atoms with Crippen molar-refractivity contribution >= 4 is 11.9 Å². The molecule has 0 saturated heterocycles. The average Bonchev–Trinajstić information content (AvgIpc) is 2.53. The summed E-state index contributed by atoms with van der Waals surface area (Å²) in [5.74, 6) is 0.745. The highest BCUT2D eigenvalue weighted by molar-refractivity contribution is 5.72. The van der Waals surface area contributed by atoms with Crippen LogP contribution in [-0.4, -0.2) is 39.2 Å². The summed E-state index contributed by atoms with van der Waals surface area (Å²) in [6.07, 6.45) is 0. The van der Waals surface area contributed by atoms with Crippen LogP contribution in [0.2, 0.25) is 0 Å². The molecule has 0 fully saturated rings. The van der Waals surface area contributed by atoms with E-state index in [1.165, 1.54) is 6.92 Å². The Hall–Kier alpha value is -1.66. The van der Waals surface area contributed by atoms with E-state index in [1.54, 1.807) is 11.7 Å². The number of aromatic nitrogens is 4. The SMILES string of the molecule is CCNC(C)=O.CCNc1nnnn1C. The minimum Gasteiger partial charge on any atom is -0.357 e. The van der Waals surface area contributed by atoms with Gasteiger partial charge >= 0.3 is 0 Å². The van der Waals surface area contributed by atoms with E-state index in [0.717, 1.165) is 13.1 Å². The maximum Gasteiger partial charge on any atom is 0.242 e. The van der Waals surface area contributed by atoms with Crippen molar-refractivity contribution in [2.75, 3.05) is 18.4 Å². The second kappa shape index (κ2) is 7.72. The Morgan fingerprint density at radius 1 is 1.40 bits per heavy atom. The van der Waals surface area contributed by atoms with Crippen LogP contribution in [0.25, 0.3) is 0 Å². The third kappa shape index (κ3) is 6.42. The Balaban J connectivity index is 0.000000288. The highest BCUT2D eigenvalue weighted by Crippen LogP contribution is 1.92. The average molecular weight is 214 g/mol. The first-order chi connectivity index (χ1) is 7.11. The molecule has 1 amide bonds. The van der Waals surface area contributed by atoms with Gasteiger partial charge in [-0.25, -0.2) is 4.68 Å². The first-order valence-corrected chi connectivity index (χ1v) is 4.82. The van der Waals surface area contributed by atoms with Crippen LogP contribution < -0.4 is 10.6 Å². The van der Waals surface area contributed by atoms with Crippen molar-refractivity contribution in [3.63, 3.8) is 0 Å². The van der Waals surface area contributed by atoms with Crippen LogP contribution in [0.15, 0.2) is 0 Å². The number of nitrogens with one attached hydrogen (secondary N) is 2. The van der Waals surface area contributed by atoms with Gasteiger partial charge in [-0.2, -0.15) is 0 Å². The van der Waals surface area contributed by atoms with Crippen molar-refractivity contribution in [1.82, 2.24) is 25.5 Å². The van der Waals surface area contributed by atoms with E-state index < -0.39 is 0 Å². The Morgan fingerprint density at radius 3 is 2.33 bits per heavy atom. The van der Waals surface area contributed by atoms with Crippen molar-refractivity contribution in [1.29, 1.82) is 0 Å². The van der Waals surface area contributed by atoms with Gasteiger partial charge in [-0.1, -0.05) is 5.10 Å². The number of aryl methyl sites for hydroxylation is 1. The molecular formula is C8H18N6O. The first-order valence-electron chi connectivity index (χ1n) is 4.82. The number of amides is 1.